The van der Waals surface area contributed by atoms with E-state index < -0.39 is 0 Å². The first-order valence-corrected chi connectivity index (χ1v) is 1.57. The quantitative estimate of drug-likeness (QED) is 0.370. The summed E-state index contributed by atoms with van der Waals surface area (Å²) in [6, 6.07) is 0. The fourth-order valence-electron chi connectivity index (χ4n) is 0.0891. The van der Waals surface area contributed by atoms with Crippen LogP contribution >= 0.6 is 0 Å². The zero-order valence-electron chi connectivity index (χ0n) is 3.96. The minimum atomic E-state index is 0.243. The highest BCUT2D eigenvalue weighted by Crippen LogP contribution is 1.87. The van der Waals surface area contributed by atoms with E-state index in [1.54, 1.807) is 0 Å². The molecule has 0 bridgehead atoms. The molecule has 0 spiro atoms. The Kier molecular flexibility index (Phi) is 2.28. The van der Waals surface area contributed by atoms with Crippen LogP contribution < -0.4 is 0 Å². The van der Waals surface area contributed by atoms with E-state index in [1.807, 2.05) is 0 Å². The molecule has 0 aromatic rings. The Balaban J connectivity index is 3.33. The first kappa shape index (κ1) is 6.35. The molecule has 1 N–H and O–H groups in total. The highest BCUT2D eigenvalue weighted by Gasteiger charge is 1.71. The van der Waals surface area contributed by atoms with Crippen LogP contribution in [0.2, 0.25) is 0 Å². The minimum Gasteiger partial charge on any atom is -0.767 e. The van der Waals surface area contributed by atoms with Crippen molar-refractivity contribution in [2.75, 3.05) is 7.05 Å². The molecule has 0 aromatic heterocycles. The maximum atomic E-state index is 9.90. The first-order valence-electron chi connectivity index (χ1n) is 1.57. The molecule has 42 valence electrons. The van der Waals surface area contributed by atoms with Crippen molar-refractivity contribution in [3.8, 4) is 0 Å². The lowest BCUT2D eigenvalue weighted by atomic mass is 11.4. The van der Waals surface area contributed by atoms with E-state index in [-0.39, 0.29) is 5.17 Å². The van der Waals surface area contributed by atoms with Crippen LogP contribution in [0.3, 0.4) is 0 Å². The molecule has 0 atom stereocenters. The van der Waals surface area contributed by atoms with Crippen LogP contribution in [-0.4, -0.2) is 24.2 Å². The molecule has 0 aliphatic heterocycles. The van der Waals surface area contributed by atoms with Crippen LogP contribution in [0.15, 0.2) is 5.10 Å². The van der Waals surface area contributed by atoms with Gasteiger partial charge >= 0.3 is 0 Å². The second kappa shape index (κ2) is 2.51. The summed E-state index contributed by atoms with van der Waals surface area (Å²) in [5.41, 5.74) is 0. The summed E-state index contributed by atoms with van der Waals surface area (Å²) in [5, 5.41) is 13.4. The number of hydrogen-bond donors (Lipinski definition) is 0. The molecule has 5 nitrogen and oxygen atoms in total. The summed E-state index contributed by atoms with van der Waals surface area (Å²) in [4.78, 5) is 0. The van der Waals surface area contributed by atoms with Crippen molar-refractivity contribution in [1.82, 2.24) is 10.4 Å². The van der Waals surface area contributed by atoms with Gasteiger partial charge in [-0.1, -0.05) is 0 Å². The second-order valence-electron chi connectivity index (χ2n) is 0.895. The highest BCUT2D eigenvalue weighted by atomic mass is 16.6. The van der Waals surface area contributed by atoms with Crippen molar-refractivity contribution in [1.29, 1.82) is 0 Å². The minimum absolute atomic E-state index is 0.243. The Hall–Kier alpha value is -0.650. The van der Waals surface area contributed by atoms with E-state index in [9.17, 15) is 5.21 Å². The van der Waals surface area contributed by atoms with Gasteiger partial charge in [0.05, 0.1) is 0 Å². The van der Waals surface area contributed by atoms with Gasteiger partial charge in [0, 0.05) is 6.72 Å². The topological polar surface area (TPSA) is 65.7 Å². The van der Waals surface area contributed by atoms with Crippen LogP contribution in [-0.2, 0) is 0 Å². The molecular formula is C2H6N4O-2. The second-order valence-corrected chi connectivity index (χ2v) is 0.895. The van der Waals surface area contributed by atoms with Gasteiger partial charge in [0.25, 0.3) is 0 Å². The van der Waals surface area contributed by atoms with Gasteiger partial charge in [-0.3, -0.25) is 0 Å². The molecule has 0 radical (unpaired) electrons. The number of hydrogen-bond acceptors (Lipinski definition) is 4. The van der Waals surface area contributed by atoms with Gasteiger partial charge in [0.2, 0.25) is 0 Å². The Labute approximate surface area is 41.5 Å². The van der Waals surface area contributed by atoms with E-state index in [0.29, 0.717) is 5.23 Å². The van der Waals surface area contributed by atoms with E-state index in [1.165, 1.54) is 0 Å². The van der Waals surface area contributed by atoms with Crippen molar-refractivity contribution < 1.29 is 0 Å². The summed E-state index contributed by atoms with van der Waals surface area (Å²) >= 11 is 0. The van der Waals surface area contributed by atoms with Gasteiger partial charge in [0.1, 0.15) is 0 Å². The SMILES string of the molecule is C=NN([NH-])N(C)[O-]. The average molecular weight is 102 g/mol. The van der Waals surface area contributed by atoms with E-state index >= 15 is 0 Å². The predicted molar refractivity (Wildman–Crippen MR) is 26.8 cm³/mol. The van der Waals surface area contributed by atoms with Gasteiger partial charge in [-0.2, -0.15) is 5.10 Å². The third-order valence-corrected chi connectivity index (χ3v) is 0.401. The van der Waals surface area contributed by atoms with E-state index in [4.69, 9.17) is 5.84 Å². The molecule has 0 heterocycles. The molecule has 0 rings (SSSR count). The third-order valence-electron chi connectivity index (χ3n) is 0.401. The average Bonchev–Trinajstić information content (AvgIpc) is 1.65. The van der Waals surface area contributed by atoms with Crippen LogP contribution in [0, 0.1) is 5.21 Å². The van der Waals surface area contributed by atoms with Crippen LogP contribution in [0.25, 0.3) is 5.84 Å². The highest BCUT2D eigenvalue weighted by molar-refractivity contribution is 5.22. The molecule has 0 unspecified atom stereocenters. The number of hydrazine groups is 1. The number of rotatable bonds is 2. The van der Waals surface area contributed by atoms with Crippen LogP contribution in [0.4, 0.5) is 0 Å². The Morgan fingerprint density at radius 1 is 1.86 bits per heavy atom. The fourth-order valence-corrected chi connectivity index (χ4v) is 0.0891. The largest absolute Gasteiger partial charge is 0.767 e. The maximum Gasteiger partial charge on any atom is 0.0106 e. The van der Waals surface area contributed by atoms with Crippen LogP contribution in [0.5, 0.6) is 0 Å². The van der Waals surface area contributed by atoms with E-state index in [2.05, 4.69) is 11.8 Å². The van der Waals surface area contributed by atoms with Gasteiger partial charge < -0.3 is 21.4 Å². The molecule has 0 aliphatic carbocycles. The number of nitrogens with zero attached hydrogens (tertiary/aromatic N) is 3. The molecule has 0 aliphatic rings. The number of hydroxylamine groups is 1. The Morgan fingerprint density at radius 3 is 2.29 bits per heavy atom. The standard InChI is InChI=1S/C2H6N4O/c1-4-6(3)5(2)7/h3H,1H2,2H3/q-2. The summed E-state index contributed by atoms with van der Waals surface area (Å²) in [5.74, 6) is 6.49. The lowest BCUT2D eigenvalue weighted by molar-refractivity contribution is 0.116. The zero-order chi connectivity index (χ0) is 5.86. The van der Waals surface area contributed by atoms with Gasteiger partial charge in [-0.15, -0.1) is 0 Å². The van der Waals surface area contributed by atoms with Crippen molar-refractivity contribution in [3.05, 3.63) is 11.0 Å². The monoisotopic (exact) mass is 102 g/mol. The summed E-state index contributed by atoms with van der Waals surface area (Å²) < 4.78 is 0. The molecule has 5 heteroatoms. The summed E-state index contributed by atoms with van der Waals surface area (Å²) in [7, 11) is 1.15. The van der Waals surface area contributed by atoms with Crippen molar-refractivity contribution in [2.45, 2.75) is 0 Å². The van der Waals surface area contributed by atoms with Crippen molar-refractivity contribution in [3.63, 3.8) is 0 Å². The zero-order valence-corrected chi connectivity index (χ0v) is 3.96. The summed E-state index contributed by atoms with van der Waals surface area (Å²) in [6.45, 7) is 2.93. The fraction of sp³-hybridized carbons (Fsp3) is 0.500. The lowest BCUT2D eigenvalue weighted by Gasteiger charge is -2.37. The van der Waals surface area contributed by atoms with Crippen LogP contribution in [0.1, 0.15) is 0 Å². The maximum absolute atomic E-state index is 9.90. The van der Waals surface area contributed by atoms with Crippen molar-refractivity contribution in [2.24, 2.45) is 5.10 Å². The third kappa shape index (κ3) is 2.10. The molecular weight excluding hydrogens is 96.0 g/mol. The normalized spacial score (nSPS) is 9.14. The molecule has 0 fully saturated rings. The Bertz CT molecular complexity index is 62.7. The summed E-state index contributed by atoms with van der Waals surface area (Å²) in [6.07, 6.45) is 0. The first-order chi connectivity index (χ1) is 3.18. The van der Waals surface area contributed by atoms with Gasteiger partial charge in [-0.05, 0) is 7.05 Å². The number of nitrogens with one attached hydrogen (secondary N) is 1. The molecule has 7 heavy (non-hydrogen) atoms. The Morgan fingerprint density at radius 2 is 2.29 bits per heavy atom. The molecule has 0 saturated carbocycles. The smallest absolute Gasteiger partial charge is 0.0106 e. The molecule has 0 amide bonds. The molecule has 0 aromatic carbocycles. The van der Waals surface area contributed by atoms with E-state index in [0.717, 1.165) is 7.05 Å². The van der Waals surface area contributed by atoms with Crippen molar-refractivity contribution >= 4 is 6.72 Å². The van der Waals surface area contributed by atoms with Gasteiger partial charge in [-0.25, -0.2) is 0 Å². The lowest BCUT2D eigenvalue weighted by Crippen LogP contribution is -2.22. The van der Waals surface area contributed by atoms with Gasteiger partial charge in [0.15, 0.2) is 0 Å². The number of hydrazone groups is 1. The molecule has 0 saturated heterocycles. The predicted octanol–water partition coefficient (Wildman–Crippen LogP) is 0.216.